The zero-order valence-corrected chi connectivity index (χ0v) is 32.4. The normalized spacial score (nSPS) is 12.6. The molecular weight excluding hydrogens is 633 g/mol. The molecule has 4 nitrogen and oxygen atoms in total. The summed E-state index contributed by atoms with van der Waals surface area (Å²) in [5, 5.41) is 19.2. The summed E-state index contributed by atoms with van der Waals surface area (Å²) in [6, 6.07) is 0. The van der Waals surface area contributed by atoms with Crippen molar-refractivity contribution in [3.05, 3.63) is 24.3 Å². The zero-order chi connectivity index (χ0) is 31.5. The van der Waals surface area contributed by atoms with Gasteiger partial charge >= 0.3 is 19.5 Å². The first-order valence-corrected chi connectivity index (χ1v) is 18.2. The molecule has 0 spiro atoms. The number of carboxylic acid groups (broad SMARTS) is 2. The molecule has 0 aromatic rings. The number of carbonyl (C=O) groups is 2. The molecular formula is C36H64Cl2O4Zn. The van der Waals surface area contributed by atoms with Gasteiger partial charge in [0, 0.05) is 0 Å². The van der Waals surface area contributed by atoms with E-state index in [1.807, 2.05) is 0 Å². The smallest absolute Gasteiger partial charge is 0.549 e. The van der Waals surface area contributed by atoms with Gasteiger partial charge in [-0.15, -0.1) is 23.2 Å². The molecule has 0 saturated heterocycles. The molecule has 0 fully saturated rings. The van der Waals surface area contributed by atoms with Crippen molar-refractivity contribution < 1.29 is 39.3 Å². The number of halogens is 2. The molecule has 43 heavy (non-hydrogen) atoms. The molecule has 2 atom stereocenters. The first kappa shape index (κ1) is 47.0. The van der Waals surface area contributed by atoms with E-state index in [0.717, 1.165) is 51.4 Å². The minimum Gasteiger partial charge on any atom is -0.549 e. The van der Waals surface area contributed by atoms with E-state index in [4.69, 9.17) is 23.2 Å². The largest absolute Gasteiger partial charge is 2.00 e. The number of allylic oxidation sites excluding steroid dienone is 4. The summed E-state index contributed by atoms with van der Waals surface area (Å²) in [7, 11) is 0. The maximum absolute atomic E-state index is 10.4. The van der Waals surface area contributed by atoms with Crippen LogP contribution >= 0.6 is 23.2 Å². The number of aliphatic carboxylic acids is 2. The standard InChI is InChI=1S/2C18H33ClO2.Zn/c2*1-2-3-4-5-6-7-8-9-10-11-12-13-14-15-16-17(19)18(20)21;/h2*9-10,17H,2-8,11-16H2,1H3,(H,20,21);/q;;+2/p-2/b2*10-9-;. The predicted octanol–water partition coefficient (Wildman–Crippen LogP) is 9.98. The Morgan fingerprint density at radius 2 is 0.698 bits per heavy atom. The maximum Gasteiger partial charge on any atom is 2.00 e. The van der Waals surface area contributed by atoms with E-state index in [1.165, 1.54) is 103 Å². The molecule has 0 aromatic carbocycles. The Kier molecular flexibility index (Phi) is 43.4. The number of hydrogen-bond acceptors (Lipinski definition) is 4. The van der Waals surface area contributed by atoms with Crippen LogP contribution in [0.5, 0.6) is 0 Å². The van der Waals surface area contributed by atoms with Gasteiger partial charge in [0.1, 0.15) is 0 Å². The summed E-state index contributed by atoms with van der Waals surface area (Å²) < 4.78 is 0. The van der Waals surface area contributed by atoms with Gasteiger partial charge in [-0.3, -0.25) is 0 Å². The third-order valence-corrected chi connectivity index (χ3v) is 8.24. The van der Waals surface area contributed by atoms with E-state index in [0.29, 0.717) is 12.8 Å². The quantitative estimate of drug-likeness (QED) is 0.0324. The van der Waals surface area contributed by atoms with Crippen LogP contribution in [0.15, 0.2) is 24.3 Å². The molecule has 7 heteroatoms. The van der Waals surface area contributed by atoms with Crippen molar-refractivity contribution in [2.45, 2.75) is 192 Å². The first-order valence-electron chi connectivity index (χ1n) is 17.4. The second kappa shape index (κ2) is 39.6. The number of hydrogen-bond donors (Lipinski definition) is 0. The Morgan fingerprint density at radius 3 is 0.953 bits per heavy atom. The van der Waals surface area contributed by atoms with Crippen molar-refractivity contribution >= 4 is 35.1 Å². The fourth-order valence-electron chi connectivity index (χ4n) is 4.67. The Morgan fingerprint density at radius 1 is 0.465 bits per heavy atom. The van der Waals surface area contributed by atoms with E-state index in [2.05, 4.69) is 38.2 Å². The van der Waals surface area contributed by atoms with Crippen molar-refractivity contribution in [1.82, 2.24) is 0 Å². The van der Waals surface area contributed by atoms with Crippen LogP contribution in [-0.2, 0) is 29.1 Å². The van der Waals surface area contributed by atoms with Crippen molar-refractivity contribution in [2.24, 2.45) is 0 Å². The average molecular weight is 697 g/mol. The Bertz CT molecular complexity index is 589. The van der Waals surface area contributed by atoms with E-state index < -0.39 is 22.7 Å². The first-order chi connectivity index (χ1) is 20.4. The van der Waals surface area contributed by atoms with Crippen molar-refractivity contribution in [3.8, 4) is 0 Å². The average Bonchev–Trinajstić information content (AvgIpc) is 2.97. The van der Waals surface area contributed by atoms with Crippen LogP contribution in [0.25, 0.3) is 0 Å². The number of unbranched alkanes of at least 4 members (excludes halogenated alkanes) is 20. The van der Waals surface area contributed by atoms with E-state index in [1.54, 1.807) is 0 Å². The van der Waals surface area contributed by atoms with Crippen molar-refractivity contribution in [2.75, 3.05) is 0 Å². The molecule has 2 unspecified atom stereocenters. The van der Waals surface area contributed by atoms with Crippen molar-refractivity contribution in [3.63, 3.8) is 0 Å². The molecule has 0 amide bonds. The molecule has 248 valence electrons. The summed E-state index contributed by atoms with van der Waals surface area (Å²) >= 11 is 11.2. The minimum atomic E-state index is -1.14. The van der Waals surface area contributed by atoms with Crippen LogP contribution in [0, 0.1) is 0 Å². The summed E-state index contributed by atoms with van der Waals surface area (Å²) in [4.78, 5) is 20.8. The Labute approximate surface area is 289 Å². The van der Waals surface area contributed by atoms with E-state index >= 15 is 0 Å². The molecule has 0 rings (SSSR count). The predicted molar refractivity (Wildman–Crippen MR) is 179 cm³/mol. The van der Waals surface area contributed by atoms with Crippen LogP contribution in [0.3, 0.4) is 0 Å². The van der Waals surface area contributed by atoms with Crippen LogP contribution in [0.4, 0.5) is 0 Å². The maximum atomic E-state index is 10.4. The number of carboxylic acids is 2. The second-order valence-corrected chi connectivity index (χ2v) is 12.7. The molecule has 0 N–H and O–H groups in total. The van der Waals surface area contributed by atoms with Gasteiger partial charge in [0.05, 0.1) is 22.7 Å². The van der Waals surface area contributed by atoms with Gasteiger partial charge in [0.25, 0.3) is 0 Å². The third kappa shape index (κ3) is 41.6. The Hall–Kier alpha value is -0.377. The van der Waals surface area contributed by atoms with Gasteiger partial charge in [-0.05, 0) is 64.2 Å². The molecule has 0 aliphatic heterocycles. The SMILES string of the molecule is CCCCCCCC/C=C\CCCCCCC(Cl)C(=O)[O-].CCCCCCCC/C=C\CCCCCCC(Cl)C(=O)[O-].[Zn+2]. The molecule has 0 heterocycles. The van der Waals surface area contributed by atoms with Gasteiger partial charge in [-0.25, -0.2) is 0 Å². The number of alkyl halides is 2. The van der Waals surface area contributed by atoms with E-state index in [-0.39, 0.29) is 19.5 Å². The summed E-state index contributed by atoms with van der Waals surface area (Å²) in [5.41, 5.74) is 0. The monoisotopic (exact) mass is 694 g/mol. The van der Waals surface area contributed by atoms with Crippen molar-refractivity contribution in [1.29, 1.82) is 0 Å². The van der Waals surface area contributed by atoms with Crippen LogP contribution in [0.1, 0.15) is 181 Å². The van der Waals surface area contributed by atoms with Crippen LogP contribution in [-0.4, -0.2) is 22.7 Å². The molecule has 0 saturated carbocycles. The van der Waals surface area contributed by atoms with Gasteiger partial charge in [0.2, 0.25) is 0 Å². The van der Waals surface area contributed by atoms with Gasteiger partial charge in [0.15, 0.2) is 0 Å². The second-order valence-electron chi connectivity index (χ2n) is 11.6. The molecule has 0 radical (unpaired) electrons. The van der Waals surface area contributed by atoms with Crippen LogP contribution < -0.4 is 10.2 Å². The molecule has 0 aliphatic rings. The molecule has 0 bridgehead atoms. The summed E-state index contributed by atoms with van der Waals surface area (Å²) in [6.45, 7) is 4.50. The van der Waals surface area contributed by atoms with Crippen LogP contribution in [0.2, 0.25) is 0 Å². The Balaban J connectivity index is -0.000000727. The molecule has 0 aromatic heterocycles. The number of carbonyl (C=O) groups excluding carboxylic acids is 2. The fraction of sp³-hybridized carbons (Fsp3) is 0.833. The minimum absolute atomic E-state index is 0. The fourth-order valence-corrected chi connectivity index (χ4v) is 4.98. The topological polar surface area (TPSA) is 80.3 Å². The summed E-state index contributed by atoms with van der Waals surface area (Å²) in [5.74, 6) is -2.29. The van der Waals surface area contributed by atoms with Gasteiger partial charge < -0.3 is 19.8 Å². The van der Waals surface area contributed by atoms with Gasteiger partial charge in [-0.2, -0.15) is 0 Å². The molecule has 0 aliphatic carbocycles. The zero-order valence-electron chi connectivity index (χ0n) is 27.9. The van der Waals surface area contributed by atoms with Gasteiger partial charge in [-0.1, -0.05) is 141 Å². The number of rotatable bonds is 30. The summed E-state index contributed by atoms with van der Waals surface area (Å²) in [6.07, 6.45) is 39.8. The third-order valence-electron chi connectivity index (χ3n) is 7.45. The van der Waals surface area contributed by atoms with E-state index in [9.17, 15) is 19.8 Å².